The molecule has 2 amide bonds. The summed E-state index contributed by atoms with van der Waals surface area (Å²) in [7, 11) is -4.53. The predicted molar refractivity (Wildman–Crippen MR) is 142 cm³/mol. The van der Waals surface area contributed by atoms with E-state index in [9.17, 15) is 35.6 Å². The molecule has 3 rings (SSSR count). The molecule has 0 spiro atoms. The summed E-state index contributed by atoms with van der Waals surface area (Å²) < 4.78 is 82.0. The highest BCUT2D eigenvalue weighted by Crippen LogP contribution is 2.33. The van der Waals surface area contributed by atoms with Gasteiger partial charge in [-0.15, -0.1) is 0 Å². The summed E-state index contributed by atoms with van der Waals surface area (Å²) in [4.78, 5) is 27.2. The van der Waals surface area contributed by atoms with Crippen LogP contribution in [0.15, 0.2) is 77.7 Å². The zero-order chi connectivity index (χ0) is 29.7. The minimum absolute atomic E-state index is 0.182. The van der Waals surface area contributed by atoms with Gasteiger partial charge in [0.2, 0.25) is 11.8 Å². The molecule has 214 valence electrons. The Labute approximate surface area is 230 Å². The van der Waals surface area contributed by atoms with Gasteiger partial charge in [0.25, 0.3) is 10.0 Å². The fourth-order valence-corrected chi connectivity index (χ4v) is 5.30. The van der Waals surface area contributed by atoms with Crippen molar-refractivity contribution >= 4 is 27.5 Å². The molecule has 0 radical (unpaired) electrons. The number of anilines is 1. The molecule has 0 fully saturated rings. The first-order chi connectivity index (χ1) is 18.7. The molecular weight excluding hydrogens is 550 g/mol. The number of rotatable bonds is 10. The zero-order valence-electron chi connectivity index (χ0n) is 22.1. The van der Waals surface area contributed by atoms with Crippen LogP contribution in [0, 0.1) is 12.7 Å². The number of likely N-dealkylation sites (N-methyl/N-ethyl adjacent to an activating group) is 1. The van der Waals surface area contributed by atoms with Gasteiger partial charge in [-0.25, -0.2) is 12.8 Å². The number of nitrogens with one attached hydrogen (secondary N) is 1. The first-order valence-corrected chi connectivity index (χ1v) is 13.8. The van der Waals surface area contributed by atoms with Gasteiger partial charge in [0, 0.05) is 13.1 Å². The summed E-state index contributed by atoms with van der Waals surface area (Å²) in [6.45, 7) is 4.04. The van der Waals surface area contributed by atoms with Gasteiger partial charge >= 0.3 is 6.18 Å². The van der Waals surface area contributed by atoms with Crippen LogP contribution < -0.4 is 9.62 Å². The van der Waals surface area contributed by atoms with Gasteiger partial charge in [-0.1, -0.05) is 35.9 Å². The van der Waals surface area contributed by atoms with E-state index in [1.165, 1.54) is 55.5 Å². The number of carbonyl (C=O) groups is 2. The lowest BCUT2D eigenvalue weighted by Gasteiger charge is -2.32. The van der Waals surface area contributed by atoms with Gasteiger partial charge in [0.1, 0.15) is 18.4 Å². The molecule has 3 aromatic rings. The maximum atomic E-state index is 13.7. The predicted octanol–water partition coefficient (Wildman–Crippen LogP) is 4.90. The third-order valence-electron chi connectivity index (χ3n) is 6.13. The summed E-state index contributed by atoms with van der Waals surface area (Å²) in [6, 6.07) is 13.4. The molecule has 0 aliphatic rings. The highest BCUT2D eigenvalue weighted by molar-refractivity contribution is 7.92. The Balaban J connectivity index is 2.09. The lowest BCUT2D eigenvalue weighted by Crippen LogP contribution is -2.51. The monoisotopic (exact) mass is 579 g/mol. The number of carbonyl (C=O) groups excluding carboxylic acids is 2. The van der Waals surface area contributed by atoms with Crippen LogP contribution in [0.5, 0.6) is 0 Å². The summed E-state index contributed by atoms with van der Waals surface area (Å²) >= 11 is 0. The number of hydrogen-bond acceptors (Lipinski definition) is 4. The van der Waals surface area contributed by atoms with Gasteiger partial charge < -0.3 is 10.2 Å². The molecule has 12 heteroatoms. The number of sulfonamides is 1. The second-order valence-corrected chi connectivity index (χ2v) is 11.0. The number of hydrogen-bond donors (Lipinski definition) is 1. The maximum Gasteiger partial charge on any atom is 0.416 e. The first-order valence-electron chi connectivity index (χ1n) is 12.3. The third-order valence-corrected chi connectivity index (χ3v) is 7.92. The Bertz CT molecular complexity index is 1440. The summed E-state index contributed by atoms with van der Waals surface area (Å²) in [5.74, 6) is -1.89. The molecular formula is C28H29F4N3O4S. The average Bonchev–Trinajstić information content (AvgIpc) is 2.90. The average molecular weight is 580 g/mol. The Hall–Kier alpha value is -3.93. The van der Waals surface area contributed by atoms with Crippen LogP contribution in [0.3, 0.4) is 0 Å². The molecule has 40 heavy (non-hydrogen) atoms. The van der Waals surface area contributed by atoms with E-state index in [4.69, 9.17) is 0 Å². The van der Waals surface area contributed by atoms with Crippen molar-refractivity contribution in [1.29, 1.82) is 0 Å². The lowest BCUT2D eigenvalue weighted by atomic mass is 10.1. The van der Waals surface area contributed by atoms with Crippen molar-refractivity contribution in [2.24, 2.45) is 0 Å². The summed E-state index contributed by atoms with van der Waals surface area (Å²) in [5.41, 5.74) is -0.267. The fraction of sp³-hybridized carbons (Fsp3) is 0.286. The van der Waals surface area contributed by atoms with Crippen LogP contribution in [-0.2, 0) is 32.3 Å². The van der Waals surface area contributed by atoms with Crippen LogP contribution in [0.4, 0.5) is 23.2 Å². The van der Waals surface area contributed by atoms with E-state index in [-0.39, 0.29) is 23.7 Å². The van der Waals surface area contributed by atoms with Crippen molar-refractivity contribution in [2.45, 2.75) is 44.4 Å². The largest absolute Gasteiger partial charge is 0.416 e. The Morgan fingerprint density at radius 2 is 1.60 bits per heavy atom. The van der Waals surface area contributed by atoms with Crippen LogP contribution >= 0.6 is 0 Å². The summed E-state index contributed by atoms with van der Waals surface area (Å²) in [5, 5.41) is 2.60. The molecule has 1 N–H and O–H groups in total. The number of nitrogens with zero attached hydrogens (tertiary/aromatic N) is 2. The van der Waals surface area contributed by atoms with Crippen molar-refractivity contribution in [3.05, 3.63) is 95.3 Å². The molecule has 0 heterocycles. The van der Waals surface area contributed by atoms with E-state index in [0.29, 0.717) is 15.9 Å². The molecule has 0 bridgehead atoms. The highest BCUT2D eigenvalue weighted by Gasteiger charge is 2.35. The minimum atomic E-state index is -4.76. The summed E-state index contributed by atoms with van der Waals surface area (Å²) in [6.07, 6.45) is -4.76. The van der Waals surface area contributed by atoms with E-state index in [0.717, 1.165) is 28.7 Å². The van der Waals surface area contributed by atoms with Gasteiger partial charge in [-0.05, 0) is 68.8 Å². The van der Waals surface area contributed by atoms with E-state index in [1.54, 1.807) is 13.8 Å². The fourth-order valence-electron chi connectivity index (χ4n) is 3.89. The van der Waals surface area contributed by atoms with E-state index >= 15 is 0 Å². The van der Waals surface area contributed by atoms with Crippen LogP contribution in [0.2, 0.25) is 0 Å². The standard InChI is InChI=1S/C28H29F4N3O4S/c1-4-33-27(37)20(3)34(17-21-10-12-23(29)13-11-21)26(36)18-35(24-7-5-6-22(16-24)28(30,31)32)40(38,39)25-14-8-19(2)9-15-25/h5-16,20H,4,17-18H2,1-3H3,(H,33,37)/t20-/m1/s1. The van der Waals surface area contributed by atoms with E-state index in [1.807, 2.05) is 0 Å². The van der Waals surface area contributed by atoms with Gasteiger partial charge in [-0.2, -0.15) is 13.2 Å². The van der Waals surface area contributed by atoms with Crippen LogP contribution in [0.1, 0.15) is 30.5 Å². The Morgan fingerprint density at radius 3 is 2.17 bits per heavy atom. The molecule has 3 aromatic carbocycles. The first kappa shape index (κ1) is 30.6. The number of halogens is 4. The van der Waals surface area contributed by atoms with Crippen molar-refractivity contribution in [2.75, 3.05) is 17.4 Å². The van der Waals surface area contributed by atoms with Crippen LogP contribution in [-0.4, -0.2) is 44.3 Å². The Morgan fingerprint density at radius 1 is 0.975 bits per heavy atom. The molecule has 0 aliphatic carbocycles. The normalized spacial score (nSPS) is 12.5. The van der Waals surface area contributed by atoms with Crippen molar-refractivity contribution in [3.63, 3.8) is 0 Å². The second-order valence-electron chi connectivity index (χ2n) is 9.09. The van der Waals surface area contributed by atoms with Crippen LogP contribution in [0.25, 0.3) is 0 Å². The maximum absolute atomic E-state index is 13.7. The molecule has 0 unspecified atom stereocenters. The molecule has 0 saturated carbocycles. The SMILES string of the molecule is CCNC(=O)[C@@H](C)N(Cc1ccc(F)cc1)C(=O)CN(c1cccc(C(F)(F)F)c1)S(=O)(=O)c1ccc(C)cc1. The number of aryl methyl sites for hydroxylation is 1. The topological polar surface area (TPSA) is 86.8 Å². The van der Waals surface area contributed by atoms with Gasteiger partial charge in [0.15, 0.2) is 0 Å². The van der Waals surface area contributed by atoms with Crippen molar-refractivity contribution in [1.82, 2.24) is 10.2 Å². The van der Waals surface area contributed by atoms with E-state index in [2.05, 4.69) is 5.32 Å². The van der Waals surface area contributed by atoms with Crippen molar-refractivity contribution < 1.29 is 35.6 Å². The molecule has 0 aromatic heterocycles. The quantitative estimate of drug-likeness (QED) is 0.346. The van der Waals surface area contributed by atoms with Gasteiger partial charge in [-0.3, -0.25) is 13.9 Å². The smallest absolute Gasteiger partial charge is 0.355 e. The Kier molecular flexibility index (Phi) is 9.56. The van der Waals surface area contributed by atoms with Gasteiger partial charge in [0.05, 0.1) is 16.1 Å². The molecule has 0 saturated heterocycles. The number of alkyl halides is 3. The zero-order valence-corrected chi connectivity index (χ0v) is 22.9. The number of amides is 2. The van der Waals surface area contributed by atoms with Crippen molar-refractivity contribution in [3.8, 4) is 0 Å². The lowest BCUT2D eigenvalue weighted by molar-refractivity contribution is -0.139. The molecule has 7 nitrogen and oxygen atoms in total. The highest BCUT2D eigenvalue weighted by atomic mass is 32.2. The third kappa shape index (κ3) is 7.38. The van der Waals surface area contributed by atoms with E-state index < -0.39 is 52.0 Å². The second kappa shape index (κ2) is 12.5. The molecule has 1 atom stereocenters. The minimum Gasteiger partial charge on any atom is -0.355 e. The number of benzene rings is 3. The molecule has 0 aliphatic heterocycles.